The normalized spacial score (nSPS) is 23.5. The van der Waals surface area contributed by atoms with E-state index in [1.807, 2.05) is 19.2 Å². The first-order valence-corrected chi connectivity index (χ1v) is 11.1. The molecule has 1 fully saturated rings. The number of allylic oxidation sites excluding steroid dienone is 1. The molecular formula is C22H37BrN6O. The minimum atomic E-state index is 0.150. The van der Waals surface area contributed by atoms with Crippen LogP contribution in [0.15, 0.2) is 51.8 Å². The van der Waals surface area contributed by atoms with E-state index in [9.17, 15) is 0 Å². The topological polar surface area (TPSA) is 96.4 Å². The van der Waals surface area contributed by atoms with Gasteiger partial charge in [0.25, 0.3) is 0 Å². The van der Waals surface area contributed by atoms with Crippen LogP contribution < -0.4 is 16.4 Å². The lowest BCUT2D eigenvalue weighted by molar-refractivity contribution is 0.186. The zero-order valence-corrected chi connectivity index (χ0v) is 20.2. The molecule has 1 aliphatic rings. The van der Waals surface area contributed by atoms with Gasteiger partial charge in [0.1, 0.15) is 5.76 Å². The maximum Gasteiger partial charge on any atom is 0.170 e. The summed E-state index contributed by atoms with van der Waals surface area (Å²) in [6, 6.07) is 0.538. The number of aliphatic imine (C=N–C) groups is 1. The molecule has 1 rings (SSSR count). The van der Waals surface area contributed by atoms with Crippen molar-refractivity contribution in [2.45, 2.75) is 51.1 Å². The lowest BCUT2D eigenvalue weighted by atomic mass is 9.75. The summed E-state index contributed by atoms with van der Waals surface area (Å²) in [5.74, 6) is 0.961. The molecule has 4 N–H and O–H groups in total. The van der Waals surface area contributed by atoms with E-state index < -0.39 is 0 Å². The lowest BCUT2D eigenvalue weighted by Gasteiger charge is -2.38. The van der Waals surface area contributed by atoms with Crippen molar-refractivity contribution in [1.82, 2.24) is 10.6 Å². The second kappa shape index (κ2) is 13.5. The van der Waals surface area contributed by atoms with Crippen LogP contribution in [0.4, 0.5) is 0 Å². The van der Waals surface area contributed by atoms with Crippen molar-refractivity contribution in [2.75, 3.05) is 27.2 Å². The Balaban J connectivity index is 2.87. The Morgan fingerprint density at radius 3 is 2.73 bits per heavy atom. The summed E-state index contributed by atoms with van der Waals surface area (Å²) in [6.07, 6.45) is 9.34. The number of hydrogen-bond acceptors (Lipinski definition) is 6. The molecule has 0 heterocycles. The van der Waals surface area contributed by atoms with E-state index in [4.69, 9.17) is 10.5 Å². The molecule has 1 aliphatic carbocycles. The van der Waals surface area contributed by atoms with E-state index in [0.717, 1.165) is 31.4 Å². The molecule has 0 bridgehead atoms. The molecule has 0 aromatic carbocycles. The highest BCUT2D eigenvalue weighted by Gasteiger charge is 2.42. The third-order valence-electron chi connectivity index (χ3n) is 5.79. The zero-order chi connectivity index (χ0) is 22.6. The quantitative estimate of drug-likeness (QED) is 0.116. The van der Waals surface area contributed by atoms with E-state index in [0.29, 0.717) is 28.8 Å². The molecule has 0 spiro atoms. The smallest absolute Gasteiger partial charge is 0.170 e. The molecule has 8 heteroatoms. The third-order valence-corrected chi connectivity index (χ3v) is 6.36. The molecule has 0 aromatic heterocycles. The standard InChI is InChI=1S/C22H37BrN6O/c1-16(9-10-17(2)30-6)18(3)28-19-8-7-11-22(19,12-14-25-4)13-15-27-21(24)20(23)29-26-5/h9-10,18-19,25,28H,1-2,5,7-8,11-15H2,3-4,6H3,(H2,24,27)/b10-9-,29-20+. The monoisotopic (exact) mass is 480 g/mol. The Bertz CT molecular complexity index is 687. The van der Waals surface area contributed by atoms with Gasteiger partial charge in [-0.1, -0.05) is 25.7 Å². The number of methoxy groups -OCH3 is 1. The SMILES string of the molecule is C=N/N=C(/Br)C(N)=NCCC1(CCNC)CCCC1NC(C)C(=C)/C=C\C(=C)OC. The second-order valence-corrected chi connectivity index (χ2v) is 8.43. The summed E-state index contributed by atoms with van der Waals surface area (Å²) in [6.45, 7) is 15.1. The van der Waals surface area contributed by atoms with Crippen LogP contribution in [0.3, 0.4) is 0 Å². The summed E-state index contributed by atoms with van der Waals surface area (Å²) in [5, 5.41) is 14.4. The fourth-order valence-electron chi connectivity index (χ4n) is 3.89. The van der Waals surface area contributed by atoms with Crippen molar-refractivity contribution in [3.05, 3.63) is 36.6 Å². The minimum absolute atomic E-state index is 0.150. The number of hydrogen-bond donors (Lipinski definition) is 3. The Kier molecular flexibility index (Phi) is 11.8. The predicted octanol–water partition coefficient (Wildman–Crippen LogP) is 3.54. The zero-order valence-electron chi connectivity index (χ0n) is 18.6. The molecule has 3 unspecified atom stereocenters. The van der Waals surface area contributed by atoms with Crippen LogP contribution in [0.25, 0.3) is 0 Å². The molecule has 30 heavy (non-hydrogen) atoms. The predicted molar refractivity (Wildman–Crippen MR) is 133 cm³/mol. The van der Waals surface area contributed by atoms with Crippen molar-refractivity contribution in [1.29, 1.82) is 0 Å². The average molecular weight is 481 g/mol. The Morgan fingerprint density at radius 2 is 2.10 bits per heavy atom. The average Bonchev–Trinajstić information content (AvgIpc) is 3.12. The first-order chi connectivity index (χ1) is 14.3. The number of amidine groups is 1. The van der Waals surface area contributed by atoms with Gasteiger partial charge in [0.15, 0.2) is 10.5 Å². The molecule has 0 radical (unpaired) electrons. The van der Waals surface area contributed by atoms with E-state index in [-0.39, 0.29) is 11.5 Å². The Morgan fingerprint density at radius 1 is 1.37 bits per heavy atom. The van der Waals surface area contributed by atoms with Crippen LogP contribution in [-0.2, 0) is 4.74 Å². The highest BCUT2D eigenvalue weighted by molar-refractivity contribution is 9.19. The maximum absolute atomic E-state index is 5.98. The van der Waals surface area contributed by atoms with E-state index in [1.54, 1.807) is 7.11 Å². The molecule has 0 aromatic rings. The fourth-order valence-corrected chi connectivity index (χ4v) is 4.13. The third kappa shape index (κ3) is 8.16. The van der Waals surface area contributed by atoms with Gasteiger partial charge in [-0.3, -0.25) is 4.99 Å². The number of halogens is 1. The summed E-state index contributed by atoms with van der Waals surface area (Å²) >= 11 is 3.27. The van der Waals surface area contributed by atoms with Crippen molar-refractivity contribution < 1.29 is 4.74 Å². The highest BCUT2D eigenvalue weighted by atomic mass is 79.9. The minimum Gasteiger partial charge on any atom is -0.497 e. The van der Waals surface area contributed by atoms with Gasteiger partial charge in [0.05, 0.1) is 7.11 Å². The van der Waals surface area contributed by atoms with Gasteiger partial charge in [-0.2, -0.15) is 5.10 Å². The van der Waals surface area contributed by atoms with Gasteiger partial charge in [-0.15, -0.1) is 5.10 Å². The number of nitrogens with one attached hydrogen (secondary N) is 2. The van der Waals surface area contributed by atoms with Gasteiger partial charge in [-0.25, -0.2) is 0 Å². The van der Waals surface area contributed by atoms with Crippen molar-refractivity contribution in [3.63, 3.8) is 0 Å². The molecule has 168 valence electrons. The molecule has 0 saturated heterocycles. The second-order valence-electron chi connectivity index (χ2n) is 7.68. The van der Waals surface area contributed by atoms with E-state index in [2.05, 4.69) is 68.6 Å². The maximum atomic E-state index is 5.98. The van der Waals surface area contributed by atoms with Crippen LogP contribution in [0, 0.1) is 5.41 Å². The first kappa shape index (κ1) is 26.3. The summed E-state index contributed by atoms with van der Waals surface area (Å²) in [7, 11) is 3.61. The van der Waals surface area contributed by atoms with E-state index >= 15 is 0 Å². The van der Waals surface area contributed by atoms with Gasteiger partial charge >= 0.3 is 0 Å². The van der Waals surface area contributed by atoms with Crippen LogP contribution in [0.1, 0.15) is 39.0 Å². The largest absolute Gasteiger partial charge is 0.497 e. The van der Waals surface area contributed by atoms with Gasteiger partial charge in [0, 0.05) is 25.3 Å². The van der Waals surface area contributed by atoms with Crippen LogP contribution >= 0.6 is 15.9 Å². The molecule has 7 nitrogen and oxygen atoms in total. The first-order valence-electron chi connectivity index (χ1n) is 10.3. The summed E-state index contributed by atoms with van der Waals surface area (Å²) in [4.78, 5) is 4.49. The molecule has 1 saturated carbocycles. The molecule has 0 amide bonds. The number of ether oxygens (including phenoxy) is 1. The Labute approximate surface area is 189 Å². The van der Waals surface area contributed by atoms with Crippen LogP contribution in [-0.4, -0.2) is 56.5 Å². The highest BCUT2D eigenvalue weighted by Crippen LogP contribution is 2.44. The lowest BCUT2D eigenvalue weighted by Crippen LogP contribution is -2.47. The fraction of sp³-hybridized carbons (Fsp3) is 0.591. The summed E-state index contributed by atoms with van der Waals surface area (Å²) < 4.78 is 5.51. The summed E-state index contributed by atoms with van der Waals surface area (Å²) in [5.41, 5.74) is 7.13. The molecule has 0 aliphatic heterocycles. The van der Waals surface area contributed by atoms with Crippen molar-refractivity contribution in [3.8, 4) is 0 Å². The van der Waals surface area contributed by atoms with E-state index in [1.165, 1.54) is 12.8 Å². The molecule has 3 atom stereocenters. The van der Waals surface area contributed by atoms with Crippen molar-refractivity contribution in [2.24, 2.45) is 26.3 Å². The van der Waals surface area contributed by atoms with Crippen molar-refractivity contribution >= 4 is 33.1 Å². The Hall–Kier alpha value is -1.77. The number of rotatable bonds is 14. The number of nitrogens with two attached hydrogens (primary N) is 1. The van der Waals surface area contributed by atoms with Gasteiger partial charge in [-0.05, 0) is 79.2 Å². The molecular weight excluding hydrogens is 444 g/mol. The van der Waals surface area contributed by atoms with Crippen LogP contribution in [0.5, 0.6) is 0 Å². The van der Waals surface area contributed by atoms with Crippen LogP contribution in [0.2, 0.25) is 0 Å². The van der Waals surface area contributed by atoms with Gasteiger partial charge in [0.2, 0.25) is 0 Å². The van der Waals surface area contributed by atoms with Gasteiger partial charge < -0.3 is 21.1 Å². The number of nitrogens with zero attached hydrogens (tertiary/aromatic N) is 3.